The Kier molecular flexibility index (Phi) is 6.25. The van der Waals surface area contributed by atoms with Gasteiger partial charge >= 0.3 is 11.9 Å². The number of ketones is 2. The average Bonchev–Trinajstić information content (AvgIpc) is 2.83. The third-order valence-electron chi connectivity index (χ3n) is 6.08. The topological polar surface area (TPSA) is 219 Å². The Morgan fingerprint density at radius 3 is 1.95 bits per heavy atom. The highest BCUT2D eigenvalue weighted by Gasteiger charge is 2.41. The van der Waals surface area contributed by atoms with Crippen molar-refractivity contribution in [3.63, 3.8) is 0 Å². The van der Waals surface area contributed by atoms with Crippen LogP contribution in [0.4, 0.5) is 0 Å². The van der Waals surface area contributed by atoms with Crippen LogP contribution in [0.5, 0.6) is 23.0 Å². The van der Waals surface area contributed by atoms with E-state index in [1.165, 1.54) is 19.1 Å². The number of aromatic hydroxyl groups is 4. The van der Waals surface area contributed by atoms with Crippen molar-refractivity contribution >= 4 is 29.4 Å². The molecule has 0 saturated carbocycles. The van der Waals surface area contributed by atoms with Crippen LogP contribution in [-0.4, -0.2) is 66.6 Å². The second-order valence-corrected chi connectivity index (χ2v) is 8.46. The van der Waals surface area contributed by atoms with Gasteiger partial charge in [0.1, 0.15) is 28.6 Å². The fourth-order valence-corrected chi connectivity index (χ4v) is 4.43. The Hall–Kier alpha value is -5.39. The summed E-state index contributed by atoms with van der Waals surface area (Å²) in [4.78, 5) is 61.5. The van der Waals surface area contributed by atoms with Crippen molar-refractivity contribution in [1.29, 1.82) is 0 Å². The van der Waals surface area contributed by atoms with Gasteiger partial charge in [0, 0.05) is 35.7 Å². The zero-order valence-corrected chi connectivity index (χ0v) is 19.5. The van der Waals surface area contributed by atoms with Crippen molar-refractivity contribution in [2.45, 2.75) is 13.3 Å². The first-order valence-electron chi connectivity index (χ1n) is 11.0. The smallest absolute Gasteiger partial charge is 0.340 e. The van der Waals surface area contributed by atoms with Crippen molar-refractivity contribution in [2.75, 3.05) is 6.54 Å². The SMILES string of the molecule is CC(=O)NCCc1ccc(O)c(-c2cc(O)c3c(c2O)C(=O)c2c(cc(O)c(C(=O)O)c2C(=O)O)C3=O)c1. The summed E-state index contributed by atoms with van der Waals surface area (Å²) >= 11 is 0. The highest BCUT2D eigenvalue weighted by atomic mass is 16.4. The Balaban J connectivity index is 1.95. The van der Waals surface area contributed by atoms with Gasteiger partial charge in [-0.3, -0.25) is 14.4 Å². The lowest BCUT2D eigenvalue weighted by atomic mass is 9.78. The zero-order chi connectivity index (χ0) is 28.0. The second-order valence-electron chi connectivity index (χ2n) is 8.46. The number of aromatic carboxylic acids is 2. The molecule has 38 heavy (non-hydrogen) atoms. The summed E-state index contributed by atoms with van der Waals surface area (Å²) in [6, 6.07) is 5.79. The van der Waals surface area contributed by atoms with Crippen LogP contribution >= 0.6 is 0 Å². The summed E-state index contributed by atoms with van der Waals surface area (Å²) in [5, 5.41) is 64.1. The van der Waals surface area contributed by atoms with Crippen LogP contribution in [0.15, 0.2) is 30.3 Å². The third kappa shape index (κ3) is 4.03. The molecule has 1 aliphatic carbocycles. The van der Waals surface area contributed by atoms with Crippen molar-refractivity contribution < 1.29 is 54.6 Å². The largest absolute Gasteiger partial charge is 0.507 e. The highest BCUT2D eigenvalue weighted by molar-refractivity contribution is 6.33. The van der Waals surface area contributed by atoms with Crippen LogP contribution in [0, 0.1) is 0 Å². The molecule has 0 fully saturated rings. The minimum atomic E-state index is -1.93. The molecule has 0 spiro atoms. The summed E-state index contributed by atoms with van der Waals surface area (Å²) < 4.78 is 0. The van der Waals surface area contributed by atoms with E-state index in [1.54, 1.807) is 6.07 Å². The molecule has 7 N–H and O–H groups in total. The second kappa shape index (κ2) is 9.24. The quantitative estimate of drug-likeness (QED) is 0.182. The van der Waals surface area contributed by atoms with E-state index < -0.39 is 74.1 Å². The van der Waals surface area contributed by atoms with Crippen LogP contribution in [-0.2, 0) is 11.2 Å². The molecule has 0 aliphatic heterocycles. The number of fused-ring (bicyclic) bond motifs is 2. The maximum absolute atomic E-state index is 13.5. The monoisotopic (exact) mass is 521 g/mol. The fraction of sp³-hybridized carbons (Fsp3) is 0.115. The van der Waals surface area contributed by atoms with Gasteiger partial charge in [0.2, 0.25) is 5.91 Å². The number of carbonyl (C=O) groups excluding carboxylic acids is 3. The number of amides is 1. The van der Waals surface area contributed by atoms with Gasteiger partial charge in [0.25, 0.3) is 0 Å². The van der Waals surface area contributed by atoms with Crippen LogP contribution in [0.1, 0.15) is 65.0 Å². The predicted octanol–water partition coefficient (Wildman–Crippen LogP) is 2.03. The van der Waals surface area contributed by atoms with Gasteiger partial charge in [0.05, 0.1) is 16.7 Å². The molecule has 194 valence electrons. The molecule has 0 bridgehead atoms. The van der Waals surface area contributed by atoms with Crippen molar-refractivity contribution in [3.8, 4) is 34.1 Å². The number of hydrogen-bond acceptors (Lipinski definition) is 9. The van der Waals surface area contributed by atoms with Crippen LogP contribution in [0.25, 0.3) is 11.1 Å². The normalized spacial score (nSPS) is 12.0. The number of rotatable bonds is 6. The Bertz CT molecular complexity index is 1600. The molecule has 12 heteroatoms. The Morgan fingerprint density at radius 2 is 1.34 bits per heavy atom. The van der Waals surface area contributed by atoms with Crippen molar-refractivity contribution in [2.24, 2.45) is 0 Å². The van der Waals surface area contributed by atoms with E-state index in [1.807, 2.05) is 0 Å². The molecular weight excluding hydrogens is 502 g/mol. The minimum absolute atomic E-state index is 0.0534. The number of phenolic OH excluding ortho intramolecular Hbond substituents is 3. The van der Waals surface area contributed by atoms with Gasteiger partial charge in [-0.15, -0.1) is 0 Å². The molecule has 3 aromatic carbocycles. The van der Waals surface area contributed by atoms with Gasteiger partial charge in [-0.1, -0.05) is 6.07 Å². The molecule has 0 radical (unpaired) electrons. The van der Waals surface area contributed by atoms with E-state index in [0.717, 1.165) is 6.07 Å². The molecule has 0 atom stereocenters. The summed E-state index contributed by atoms with van der Waals surface area (Å²) in [7, 11) is 0. The maximum Gasteiger partial charge on any atom is 0.340 e. The molecule has 0 aromatic heterocycles. The molecule has 0 saturated heterocycles. The molecule has 1 aliphatic rings. The number of phenols is 4. The van der Waals surface area contributed by atoms with Gasteiger partial charge in [-0.05, 0) is 36.2 Å². The fourth-order valence-electron chi connectivity index (χ4n) is 4.43. The van der Waals surface area contributed by atoms with Gasteiger partial charge in [-0.2, -0.15) is 0 Å². The number of carboxylic acid groups (broad SMARTS) is 2. The molecule has 0 unspecified atom stereocenters. The van der Waals surface area contributed by atoms with Crippen LogP contribution in [0.3, 0.4) is 0 Å². The zero-order valence-electron chi connectivity index (χ0n) is 19.5. The van der Waals surface area contributed by atoms with Crippen molar-refractivity contribution in [3.05, 3.63) is 69.3 Å². The van der Waals surface area contributed by atoms with E-state index in [0.29, 0.717) is 18.1 Å². The molecule has 12 nitrogen and oxygen atoms in total. The van der Waals surface area contributed by atoms with E-state index >= 15 is 0 Å². The minimum Gasteiger partial charge on any atom is -0.507 e. The first-order chi connectivity index (χ1) is 17.8. The van der Waals surface area contributed by atoms with Gasteiger partial charge in [-0.25, -0.2) is 9.59 Å². The summed E-state index contributed by atoms with van der Waals surface area (Å²) in [6.07, 6.45) is 0.318. The third-order valence-corrected chi connectivity index (χ3v) is 6.08. The van der Waals surface area contributed by atoms with E-state index in [9.17, 15) is 54.6 Å². The lowest BCUT2D eigenvalue weighted by Gasteiger charge is -2.23. The Morgan fingerprint density at radius 1 is 0.711 bits per heavy atom. The maximum atomic E-state index is 13.5. The molecule has 3 aromatic rings. The summed E-state index contributed by atoms with van der Waals surface area (Å²) in [5.41, 5.74) is -5.09. The number of carbonyl (C=O) groups is 5. The van der Waals surface area contributed by atoms with E-state index in [-0.39, 0.29) is 29.3 Å². The number of benzene rings is 3. The van der Waals surface area contributed by atoms with Gasteiger partial charge in [0.15, 0.2) is 11.6 Å². The molecular formula is C26H19NO11. The first kappa shape index (κ1) is 25.7. The highest BCUT2D eigenvalue weighted by Crippen LogP contribution is 2.47. The van der Waals surface area contributed by atoms with E-state index in [4.69, 9.17) is 0 Å². The summed E-state index contributed by atoms with van der Waals surface area (Å²) in [5.74, 6) is -9.62. The standard InChI is InChI=1S/C26H19NO11/c1-9(28)27-5-4-10-2-3-14(29)11(6-10)12-7-15(30)18-21(22(12)32)24(34)17-13(23(18)33)8-16(31)19(25(35)36)20(17)26(37)38/h2-3,6-8,29-32H,4-5H2,1H3,(H,27,28)(H,35,36)(H,37,38). The average molecular weight is 521 g/mol. The van der Waals surface area contributed by atoms with Crippen LogP contribution in [0.2, 0.25) is 0 Å². The first-order valence-corrected chi connectivity index (χ1v) is 11.0. The molecule has 0 heterocycles. The van der Waals surface area contributed by atoms with Gasteiger partial charge < -0.3 is 36.0 Å². The number of carboxylic acids is 2. The lowest BCUT2D eigenvalue weighted by Crippen LogP contribution is -2.26. The van der Waals surface area contributed by atoms with Crippen molar-refractivity contribution in [1.82, 2.24) is 5.32 Å². The molecule has 4 rings (SSSR count). The number of hydrogen-bond donors (Lipinski definition) is 7. The predicted molar refractivity (Wildman–Crippen MR) is 128 cm³/mol. The lowest BCUT2D eigenvalue weighted by molar-refractivity contribution is -0.118. The van der Waals surface area contributed by atoms with Crippen LogP contribution < -0.4 is 5.32 Å². The number of nitrogens with one attached hydrogen (secondary N) is 1. The summed E-state index contributed by atoms with van der Waals surface area (Å²) in [6.45, 7) is 1.59. The molecule has 1 amide bonds. The van der Waals surface area contributed by atoms with E-state index in [2.05, 4.69) is 5.32 Å². The Labute approximate surface area is 213 Å².